The Morgan fingerprint density at radius 2 is 1.82 bits per heavy atom. The molecule has 2 aromatic heterocycles. The van der Waals surface area contributed by atoms with Gasteiger partial charge in [0.05, 0.1) is 5.56 Å². The van der Waals surface area contributed by atoms with E-state index in [4.69, 9.17) is 16.3 Å². The summed E-state index contributed by atoms with van der Waals surface area (Å²) in [5.41, 5.74) is 0.303. The molecule has 142 valence electrons. The van der Waals surface area contributed by atoms with Crippen LogP contribution in [0.5, 0.6) is 17.4 Å². The first-order valence-corrected chi connectivity index (χ1v) is 8.25. The van der Waals surface area contributed by atoms with Crippen LogP contribution in [0.4, 0.5) is 13.2 Å². The van der Waals surface area contributed by atoms with E-state index in [1.807, 2.05) is 0 Å². The number of halogens is 4. The van der Waals surface area contributed by atoms with Crippen LogP contribution in [0, 0.1) is 0 Å². The lowest BCUT2D eigenvalue weighted by Gasteiger charge is -2.14. The number of nitrogens with zero attached hydrogens (tertiary/aromatic N) is 4. The Morgan fingerprint density at radius 3 is 2.57 bits per heavy atom. The molecule has 0 bridgehead atoms. The van der Waals surface area contributed by atoms with Gasteiger partial charge in [-0.3, -0.25) is 0 Å². The highest BCUT2D eigenvalue weighted by Crippen LogP contribution is 2.39. The molecule has 4 aromatic rings. The van der Waals surface area contributed by atoms with Crippen molar-refractivity contribution in [2.75, 3.05) is 0 Å². The maximum atomic E-state index is 13.2. The van der Waals surface area contributed by atoms with E-state index in [0.717, 1.165) is 12.1 Å². The van der Waals surface area contributed by atoms with E-state index in [0.29, 0.717) is 16.8 Å². The molecule has 6 nitrogen and oxygen atoms in total. The first-order chi connectivity index (χ1) is 13.3. The van der Waals surface area contributed by atoms with Crippen LogP contribution in [0.25, 0.3) is 16.8 Å². The van der Waals surface area contributed by atoms with Crippen LogP contribution < -0.4 is 4.74 Å². The van der Waals surface area contributed by atoms with Gasteiger partial charge in [0, 0.05) is 11.6 Å². The number of benzene rings is 2. The Labute approximate surface area is 160 Å². The number of phenols is 1. The van der Waals surface area contributed by atoms with Crippen molar-refractivity contribution < 1.29 is 23.0 Å². The van der Waals surface area contributed by atoms with Crippen molar-refractivity contribution in [2.24, 2.45) is 0 Å². The largest absolute Gasteiger partial charge is 0.508 e. The van der Waals surface area contributed by atoms with Crippen molar-refractivity contribution in [2.45, 2.75) is 6.18 Å². The quantitative estimate of drug-likeness (QED) is 0.520. The van der Waals surface area contributed by atoms with Gasteiger partial charge in [-0.25, -0.2) is 0 Å². The second-order valence-electron chi connectivity index (χ2n) is 5.77. The summed E-state index contributed by atoms with van der Waals surface area (Å²) in [6, 6.07) is 12.1. The van der Waals surface area contributed by atoms with Gasteiger partial charge in [0.1, 0.15) is 11.5 Å². The van der Waals surface area contributed by atoms with Gasteiger partial charge in [-0.2, -0.15) is 17.7 Å². The van der Waals surface area contributed by atoms with Gasteiger partial charge in [0.25, 0.3) is 0 Å². The molecular weight excluding hydrogens is 397 g/mol. The summed E-state index contributed by atoms with van der Waals surface area (Å²) in [5, 5.41) is 21.2. The van der Waals surface area contributed by atoms with Gasteiger partial charge in [-0.05, 0) is 47.5 Å². The molecular formula is C18H10ClF3N4O2. The molecule has 0 saturated heterocycles. The SMILES string of the molecule is Oc1cccc(-c2ccc(C(F)(F)F)cc2Oc2ccc3nnc(Cl)n3n2)c1. The third kappa shape index (κ3) is 3.44. The second-order valence-corrected chi connectivity index (χ2v) is 6.11. The predicted molar refractivity (Wildman–Crippen MR) is 94.4 cm³/mol. The van der Waals surface area contributed by atoms with Crippen LogP contribution in [0.15, 0.2) is 54.6 Å². The summed E-state index contributed by atoms with van der Waals surface area (Å²) < 4.78 is 46.4. The topological polar surface area (TPSA) is 72.5 Å². The second kappa shape index (κ2) is 6.68. The molecule has 2 heterocycles. The van der Waals surface area contributed by atoms with Crippen LogP contribution in [0.3, 0.4) is 0 Å². The number of rotatable bonds is 3. The molecule has 0 spiro atoms. The third-order valence-electron chi connectivity index (χ3n) is 3.88. The molecule has 0 radical (unpaired) electrons. The summed E-state index contributed by atoms with van der Waals surface area (Å²) in [6.07, 6.45) is -4.55. The van der Waals surface area contributed by atoms with E-state index >= 15 is 0 Å². The van der Waals surface area contributed by atoms with Gasteiger partial charge in [0.15, 0.2) is 5.65 Å². The first kappa shape index (κ1) is 18.1. The van der Waals surface area contributed by atoms with E-state index in [2.05, 4.69) is 15.3 Å². The average Bonchev–Trinajstić information content (AvgIpc) is 3.01. The van der Waals surface area contributed by atoms with E-state index in [-0.39, 0.29) is 22.7 Å². The number of alkyl halides is 3. The molecule has 0 aliphatic carbocycles. The number of ether oxygens (including phenoxy) is 1. The maximum absolute atomic E-state index is 13.2. The molecule has 0 unspecified atom stereocenters. The fraction of sp³-hybridized carbons (Fsp3) is 0.0556. The first-order valence-electron chi connectivity index (χ1n) is 7.88. The molecule has 0 aliphatic heterocycles. The summed E-state index contributed by atoms with van der Waals surface area (Å²) in [5.74, 6) is -0.120. The van der Waals surface area contributed by atoms with Gasteiger partial charge < -0.3 is 9.84 Å². The summed E-state index contributed by atoms with van der Waals surface area (Å²) >= 11 is 5.87. The van der Waals surface area contributed by atoms with Crippen LogP contribution in [-0.2, 0) is 6.18 Å². The fourth-order valence-corrected chi connectivity index (χ4v) is 2.77. The van der Waals surface area contributed by atoms with E-state index in [9.17, 15) is 18.3 Å². The minimum atomic E-state index is -4.55. The van der Waals surface area contributed by atoms with Crippen molar-refractivity contribution in [3.8, 4) is 28.5 Å². The maximum Gasteiger partial charge on any atom is 0.416 e. The normalized spacial score (nSPS) is 11.7. The highest BCUT2D eigenvalue weighted by Gasteiger charge is 2.31. The molecule has 0 amide bonds. The highest BCUT2D eigenvalue weighted by atomic mass is 35.5. The number of aromatic nitrogens is 4. The lowest BCUT2D eigenvalue weighted by molar-refractivity contribution is -0.137. The molecule has 4 rings (SSSR count). The van der Waals surface area contributed by atoms with Crippen LogP contribution in [0.1, 0.15) is 5.56 Å². The smallest absolute Gasteiger partial charge is 0.416 e. The number of hydrogen-bond acceptors (Lipinski definition) is 5. The van der Waals surface area contributed by atoms with Crippen molar-refractivity contribution >= 4 is 17.2 Å². The van der Waals surface area contributed by atoms with Crippen molar-refractivity contribution in [1.82, 2.24) is 19.8 Å². The number of hydrogen-bond donors (Lipinski definition) is 1. The zero-order valence-electron chi connectivity index (χ0n) is 13.9. The third-order valence-corrected chi connectivity index (χ3v) is 4.12. The molecule has 0 fully saturated rings. The summed E-state index contributed by atoms with van der Waals surface area (Å²) in [6.45, 7) is 0. The molecule has 0 atom stereocenters. The number of phenolic OH excluding ortho intramolecular Hbond substituents is 1. The Morgan fingerprint density at radius 1 is 1.00 bits per heavy atom. The lowest BCUT2D eigenvalue weighted by Crippen LogP contribution is -2.05. The highest BCUT2D eigenvalue weighted by molar-refractivity contribution is 6.28. The Bertz CT molecular complexity index is 1180. The monoisotopic (exact) mass is 406 g/mol. The fourth-order valence-electron chi connectivity index (χ4n) is 2.61. The summed E-state index contributed by atoms with van der Waals surface area (Å²) in [7, 11) is 0. The number of fused-ring (bicyclic) bond motifs is 1. The zero-order valence-corrected chi connectivity index (χ0v) is 14.6. The van der Waals surface area contributed by atoms with Crippen LogP contribution in [0.2, 0.25) is 5.28 Å². The van der Waals surface area contributed by atoms with E-state index in [1.165, 1.54) is 34.8 Å². The van der Waals surface area contributed by atoms with Gasteiger partial charge in [-0.1, -0.05) is 18.2 Å². The van der Waals surface area contributed by atoms with Crippen molar-refractivity contribution in [1.29, 1.82) is 0 Å². The average molecular weight is 407 g/mol. The Hall–Kier alpha value is -3.33. The lowest BCUT2D eigenvalue weighted by atomic mass is 10.0. The van der Waals surface area contributed by atoms with Crippen molar-refractivity contribution in [3.63, 3.8) is 0 Å². The Kier molecular flexibility index (Phi) is 4.31. The van der Waals surface area contributed by atoms with E-state index in [1.54, 1.807) is 12.1 Å². The van der Waals surface area contributed by atoms with Crippen LogP contribution in [-0.4, -0.2) is 24.9 Å². The molecule has 0 saturated carbocycles. The Balaban J connectivity index is 1.83. The number of aromatic hydroxyl groups is 1. The molecule has 0 aliphatic rings. The molecule has 1 N–H and O–H groups in total. The molecule has 2 aromatic carbocycles. The van der Waals surface area contributed by atoms with Gasteiger partial charge in [-0.15, -0.1) is 15.3 Å². The molecule has 28 heavy (non-hydrogen) atoms. The van der Waals surface area contributed by atoms with Gasteiger partial charge >= 0.3 is 6.18 Å². The van der Waals surface area contributed by atoms with Crippen LogP contribution >= 0.6 is 11.6 Å². The minimum absolute atomic E-state index is 0.00470. The standard InChI is InChI=1S/C18H10ClF3N4O2/c19-17-24-23-15-6-7-16(25-26(15)17)28-14-9-11(18(20,21)22)4-5-13(14)10-2-1-3-12(27)8-10/h1-9,27H. The summed E-state index contributed by atoms with van der Waals surface area (Å²) in [4.78, 5) is 0. The minimum Gasteiger partial charge on any atom is -0.508 e. The van der Waals surface area contributed by atoms with Gasteiger partial charge in [0.2, 0.25) is 11.2 Å². The van der Waals surface area contributed by atoms with Crippen molar-refractivity contribution in [3.05, 3.63) is 65.4 Å². The molecule has 10 heteroatoms. The zero-order chi connectivity index (χ0) is 19.9. The van der Waals surface area contributed by atoms with E-state index < -0.39 is 11.7 Å². The predicted octanol–water partition coefficient (Wildman–Crippen LogP) is 4.96.